The molecular formula is C26H29NO4. The maximum Gasteiger partial charge on any atom is 0.286 e. The van der Waals surface area contributed by atoms with E-state index >= 15 is 0 Å². The Morgan fingerprint density at radius 3 is 2.77 bits per heavy atom. The fourth-order valence-corrected chi connectivity index (χ4v) is 4.46. The number of hydrogen-bond donors (Lipinski definition) is 2. The first-order valence-electron chi connectivity index (χ1n) is 11.3. The van der Waals surface area contributed by atoms with Crippen molar-refractivity contribution in [3.63, 3.8) is 0 Å². The number of benzene rings is 2. The minimum absolute atomic E-state index is 0.0607. The van der Waals surface area contributed by atoms with Crippen molar-refractivity contribution < 1.29 is 19.4 Å². The summed E-state index contributed by atoms with van der Waals surface area (Å²) >= 11 is 0. The molecule has 2 aromatic carbocycles. The lowest BCUT2D eigenvalue weighted by molar-refractivity contribution is -0.146. The van der Waals surface area contributed by atoms with Crippen LogP contribution in [0.1, 0.15) is 54.7 Å². The van der Waals surface area contributed by atoms with Crippen LogP contribution in [-0.4, -0.2) is 36.6 Å². The summed E-state index contributed by atoms with van der Waals surface area (Å²) in [4.78, 5) is 12.7. The quantitative estimate of drug-likeness (QED) is 0.541. The summed E-state index contributed by atoms with van der Waals surface area (Å²) in [6.45, 7) is 0.666. The number of ether oxygens (including phenoxy) is 2. The molecule has 0 spiro atoms. The van der Waals surface area contributed by atoms with Crippen molar-refractivity contribution in [1.29, 1.82) is 0 Å². The van der Waals surface area contributed by atoms with Crippen LogP contribution in [0, 0.1) is 0 Å². The van der Waals surface area contributed by atoms with Crippen LogP contribution < -0.4 is 5.32 Å². The van der Waals surface area contributed by atoms with Gasteiger partial charge in [0.05, 0.1) is 6.61 Å². The third kappa shape index (κ3) is 4.53. The molecule has 0 unspecified atom stereocenters. The number of amides is 1. The SMILES string of the molecule is O=C(NC1CC1)C1=C[C@H](c2ccc3c(c2)Cc2ccccc2-3)C[C@H](OCCCCO)O1. The van der Waals surface area contributed by atoms with Gasteiger partial charge < -0.3 is 19.9 Å². The molecule has 0 radical (unpaired) electrons. The minimum Gasteiger partial charge on any atom is -0.459 e. The number of fused-ring (bicyclic) bond motifs is 3. The average Bonchev–Trinajstić information content (AvgIpc) is 3.53. The van der Waals surface area contributed by atoms with Gasteiger partial charge in [0.25, 0.3) is 5.91 Å². The molecule has 1 amide bonds. The molecule has 0 aromatic heterocycles. The first-order chi connectivity index (χ1) is 15.2. The Morgan fingerprint density at radius 2 is 1.94 bits per heavy atom. The van der Waals surface area contributed by atoms with E-state index < -0.39 is 6.29 Å². The minimum atomic E-state index is -0.459. The highest BCUT2D eigenvalue weighted by molar-refractivity contribution is 5.92. The van der Waals surface area contributed by atoms with E-state index in [0.717, 1.165) is 25.7 Å². The Morgan fingerprint density at radius 1 is 1.10 bits per heavy atom. The van der Waals surface area contributed by atoms with Crippen molar-refractivity contribution in [3.05, 3.63) is 71.0 Å². The first kappa shape index (κ1) is 20.3. The summed E-state index contributed by atoms with van der Waals surface area (Å²) in [5.41, 5.74) is 6.52. The van der Waals surface area contributed by atoms with Crippen molar-refractivity contribution in [2.75, 3.05) is 13.2 Å². The summed E-state index contributed by atoms with van der Waals surface area (Å²) in [6, 6.07) is 15.5. The molecule has 3 aliphatic rings. The Balaban J connectivity index is 1.36. The number of unbranched alkanes of at least 4 members (excludes halogenated alkanes) is 1. The molecule has 5 nitrogen and oxygen atoms in total. The van der Waals surface area contributed by atoms with Crippen LogP contribution >= 0.6 is 0 Å². The third-order valence-electron chi connectivity index (χ3n) is 6.30. The Labute approximate surface area is 183 Å². The van der Waals surface area contributed by atoms with E-state index in [1.54, 1.807) is 0 Å². The zero-order valence-electron chi connectivity index (χ0n) is 17.7. The topological polar surface area (TPSA) is 67.8 Å². The van der Waals surface area contributed by atoms with Gasteiger partial charge in [-0.15, -0.1) is 0 Å². The van der Waals surface area contributed by atoms with E-state index in [9.17, 15) is 4.79 Å². The van der Waals surface area contributed by atoms with Crippen LogP contribution in [0.3, 0.4) is 0 Å². The second kappa shape index (κ2) is 8.85. The summed E-state index contributed by atoms with van der Waals surface area (Å²) in [6.07, 6.45) is 6.66. The normalized spacial score (nSPS) is 21.6. The summed E-state index contributed by atoms with van der Waals surface area (Å²) in [5, 5.41) is 12.0. The van der Waals surface area contributed by atoms with Gasteiger partial charge in [-0.3, -0.25) is 4.79 Å². The molecule has 5 rings (SSSR count). The molecular weight excluding hydrogens is 390 g/mol. The molecule has 1 fully saturated rings. The van der Waals surface area contributed by atoms with Crippen molar-refractivity contribution in [2.45, 2.75) is 56.8 Å². The van der Waals surface area contributed by atoms with E-state index in [0.29, 0.717) is 25.2 Å². The zero-order chi connectivity index (χ0) is 21.2. The zero-order valence-corrected chi connectivity index (χ0v) is 17.7. The maximum absolute atomic E-state index is 12.7. The fourth-order valence-electron chi connectivity index (χ4n) is 4.46. The molecule has 31 heavy (non-hydrogen) atoms. The predicted molar refractivity (Wildman–Crippen MR) is 118 cm³/mol. The van der Waals surface area contributed by atoms with E-state index in [2.05, 4.69) is 47.8 Å². The predicted octanol–water partition coefficient (Wildman–Crippen LogP) is 4.04. The summed E-state index contributed by atoms with van der Waals surface area (Å²) in [5.74, 6) is 0.273. The molecule has 2 atom stereocenters. The first-order valence-corrected chi connectivity index (χ1v) is 11.3. The third-order valence-corrected chi connectivity index (χ3v) is 6.30. The van der Waals surface area contributed by atoms with Crippen LogP contribution in [0.4, 0.5) is 0 Å². The second-order valence-electron chi connectivity index (χ2n) is 8.72. The highest BCUT2D eigenvalue weighted by Crippen LogP contribution is 2.40. The largest absolute Gasteiger partial charge is 0.459 e. The number of allylic oxidation sites excluding steroid dienone is 1. The van der Waals surface area contributed by atoms with Gasteiger partial charge in [-0.1, -0.05) is 42.5 Å². The molecule has 162 valence electrons. The van der Waals surface area contributed by atoms with Gasteiger partial charge in [0.2, 0.25) is 6.29 Å². The summed E-state index contributed by atoms with van der Waals surface area (Å²) in [7, 11) is 0. The van der Waals surface area contributed by atoms with Crippen molar-refractivity contribution >= 4 is 5.91 Å². The van der Waals surface area contributed by atoms with Crippen molar-refractivity contribution in [3.8, 4) is 11.1 Å². The number of nitrogens with one attached hydrogen (secondary N) is 1. The van der Waals surface area contributed by atoms with E-state index in [4.69, 9.17) is 14.6 Å². The van der Waals surface area contributed by atoms with Crippen LogP contribution in [0.15, 0.2) is 54.3 Å². The summed E-state index contributed by atoms with van der Waals surface area (Å²) < 4.78 is 11.8. The molecule has 5 heteroatoms. The highest BCUT2D eigenvalue weighted by Gasteiger charge is 2.32. The fraction of sp³-hybridized carbons (Fsp3) is 0.423. The molecule has 0 bridgehead atoms. The average molecular weight is 420 g/mol. The molecule has 2 N–H and O–H groups in total. The Kier molecular flexibility index (Phi) is 5.79. The molecule has 1 heterocycles. The number of hydrogen-bond acceptors (Lipinski definition) is 4. The molecule has 1 saturated carbocycles. The van der Waals surface area contributed by atoms with Crippen molar-refractivity contribution in [1.82, 2.24) is 5.32 Å². The van der Waals surface area contributed by atoms with Gasteiger partial charge in [-0.2, -0.15) is 0 Å². The van der Waals surface area contributed by atoms with Gasteiger partial charge >= 0.3 is 0 Å². The maximum atomic E-state index is 12.7. The van der Waals surface area contributed by atoms with Crippen LogP contribution in [0.25, 0.3) is 11.1 Å². The number of carbonyl (C=O) groups is 1. The van der Waals surface area contributed by atoms with Gasteiger partial charge in [-0.25, -0.2) is 0 Å². The number of rotatable bonds is 8. The van der Waals surface area contributed by atoms with Crippen LogP contribution in [0.2, 0.25) is 0 Å². The van der Waals surface area contributed by atoms with Crippen LogP contribution in [-0.2, 0) is 20.7 Å². The number of aliphatic hydroxyl groups excluding tert-OH is 1. The lowest BCUT2D eigenvalue weighted by atomic mass is 9.90. The van der Waals surface area contributed by atoms with E-state index in [-0.39, 0.29) is 24.5 Å². The molecule has 0 saturated heterocycles. The van der Waals surface area contributed by atoms with Crippen LogP contribution in [0.5, 0.6) is 0 Å². The lowest BCUT2D eigenvalue weighted by Gasteiger charge is -2.29. The van der Waals surface area contributed by atoms with Gasteiger partial charge in [0.1, 0.15) is 0 Å². The van der Waals surface area contributed by atoms with E-state index in [1.807, 2.05) is 6.08 Å². The lowest BCUT2D eigenvalue weighted by Crippen LogP contribution is -2.34. The molecule has 1 aliphatic heterocycles. The monoisotopic (exact) mass is 419 g/mol. The van der Waals surface area contributed by atoms with E-state index in [1.165, 1.54) is 27.8 Å². The Hall–Kier alpha value is -2.63. The van der Waals surface area contributed by atoms with Crippen molar-refractivity contribution in [2.24, 2.45) is 0 Å². The second-order valence-corrected chi connectivity index (χ2v) is 8.72. The molecule has 2 aromatic rings. The van der Waals surface area contributed by atoms with Gasteiger partial charge in [0.15, 0.2) is 5.76 Å². The Bertz CT molecular complexity index is 995. The number of aliphatic hydroxyl groups is 1. The van der Waals surface area contributed by atoms with Gasteiger partial charge in [-0.05, 0) is 66.0 Å². The number of carbonyl (C=O) groups excluding carboxylic acids is 1. The standard InChI is InChI=1S/C26H29NO4/c28-11-3-4-12-30-25-16-19(15-24(31-25)26(29)27-21-8-9-21)17-7-10-23-20(13-17)14-18-5-1-2-6-22(18)23/h1-2,5-7,10,13,15,19,21,25,28H,3-4,8-9,11-12,14,16H2,(H,27,29)/t19-,25+/m0/s1. The smallest absolute Gasteiger partial charge is 0.286 e. The molecule has 2 aliphatic carbocycles. The highest BCUT2D eigenvalue weighted by atomic mass is 16.7. The van der Waals surface area contributed by atoms with Gasteiger partial charge in [0, 0.05) is 25.0 Å².